The van der Waals surface area contributed by atoms with Gasteiger partial charge in [0.1, 0.15) is 0 Å². The first-order chi connectivity index (χ1) is 8.33. The molecule has 86 valence electrons. The van der Waals surface area contributed by atoms with Crippen molar-refractivity contribution in [2.45, 2.75) is 25.8 Å². The van der Waals surface area contributed by atoms with Crippen LogP contribution in [0.2, 0.25) is 0 Å². The smallest absolute Gasteiger partial charge is 0.0581 e. The van der Waals surface area contributed by atoms with Crippen LogP contribution in [0, 0.1) is 0 Å². The molecule has 0 spiro atoms. The molecule has 0 bridgehead atoms. The first-order valence-corrected chi connectivity index (χ1v) is 6.08. The number of fused-ring (bicyclic) bond motifs is 1. The van der Waals surface area contributed by atoms with Gasteiger partial charge in [-0.3, -0.25) is 0 Å². The summed E-state index contributed by atoms with van der Waals surface area (Å²) in [6, 6.07) is 8.90. The molecule has 0 fully saturated rings. The van der Waals surface area contributed by atoms with Crippen LogP contribution < -0.4 is 5.32 Å². The van der Waals surface area contributed by atoms with E-state index in [1.165, 1.54) is 22.2 Å². The van der Waals surface area contributed by atoms with E-state index >= 15 is 0 Å². The Labute approximate surface area is 101 Å². The standard InChI is InChI=1S/C15H16N2/c1-11(17-13-5-4-6-13)9-12-10-16-15-8-3-2-7-14(12)15/h2-4,7-8,10-11,16-17H,5,9H2,1H3. The van der Waals surface area contributed by atoms with E-state index in [1.807, 2.05) is 0 Å². The first-order valence-electron chi connectivity index (χ1n) is 6.08. The summed E-state index contributed by atoms with van der Waals surface area (Å²) in [4.78, 5) is 3.32. The second-order valence-electron chi connectivity index (χ2n) is 4.64. The summed E-state index contributed by atoms with van der Waals surface area (Å²) in [5.74, 6) is 0. The summed E-state index contributed by atoms with van der Waals surface area (Å²) in [5.41, 5.74) is 7.00. The van der Waals surface area contributed by atoms with E-state index in [4.69, 9.17) is 0 Å². The molecule has 0 saturated carbocycles. The van der Waals surface area contributed by atoms with Gasteiger partial charge in [-0.1, -0.05) is 18.2 Å². The zero-order valence-corrected chi connectivity index (χ0v) is 9.96. The van der Waals surface area contributed by atoms with E-state index in [-0.39, 0.29) is 0 Å². The fourth-order valence-electron chi connectivity index (χ4n) is 2.28. The molecule has 1 unspecified atom stereocenters. The maximum absolute atomic E-state index is 3.48. The molecular formula is C15H16N2. The molecule has 3 rings (SSSR count). The average Bonchev–Trinajstić information content (AvgIpc) is 2.68. The molecule has 1 heterocycles. The van der Waals surface area contributed by atoms with Gasteiger partial charge in [-0.05, 0) is 31.1 Å². The van der Waals surface area contributed by atoms with Gasteiger partial charge in [0.05, 0.1) is 5.70 Å². The minimum atomic E-state index is 0.449. The molecule has 2 heteroatoms. The topological polar surface area (TPSA) is 27.8 Å². The first kappa shape index (κ1) is 10.2. The third-order valence-electron chi connectivity index (χ3n) is 3.20. The quantitative estimate of drug-likeness (QED) is 0.767. The van der Waals surface area contributed by atoms with Crippen LogP contribution in [0.4, 0.5) is 0 Å². The van der Waals surface area contributed by atoms with Crippen molar-refractivity contribution in [1.29, 1.82) is 0 Å². The Balaban J connectivity index is 1.77. The van der Waals surface area contributed by atoms with Crippen LogP contribution in [-0.4, -0.2) is 11.0 Å². The normalized spacial score (nSPS) is 15.5. The lowest BCUT2D eigenvalue weighted by Crippen LogP contribution is -2.28. The molecule has 0 amide bonds. The number of rotatable bonds is 4. The molecule has 0 radical (unpaired) electrons. The zero-order valence-electron chi connectivity index (χ0n) is 9.96. The van der Waals surface area contributed by atoms with Gasteiger partial charge in [0.2, 0.25) is 0 Å². The molecule has 1 aliphatic rings. The zero-order chi connectivity index (χ0) is 11.7. The van der Waals surface area contributed by atoms with Crippen molar-refractivity contribution in [2.24, 2.45) is 0 Å². The summed E-state index contributed by atoms with van der Waals surface area (Å²) in [5, 5.41) is 4.81. The minimum absolute atomic E-state index is 0.449. The predicted octanol–water partition coefficient (Wildman–Crippen LogP) is 3.13. The molecule has 1 atom stereocenters. The number of benzene rings is 1. The van der Waals surface area contributed by atoms with Gasteiger partial charge in [0, 0.05) is 29.6 Å². The van der Waals surface area contributed by atoms with Crippen molar-refractivity contribution < 1.29 is 0 Å². The Hall–Kier alpha value is -1.92. The van der Waals surface area contributed by atoms with Crippen LogP contribution in [0.1, 0.15) is 18.9 Å². The number of H-pyrrole nitrogens is 1. The monoisotopic (exact) mass is 224 g/mol. The minimum Gasteiger partial charge on any atom is -0.379 e. The van der Waals surface area contributed by atoms with Gasteiger partial charge >= 0.3 is 0 Å². The van der Waals surface area contributed by atoms with Crippen molar-refractivity contribution in [3.05, 3.63) is 53.5 Å². The Morgan fingerprint density at radius 2 is 2.24 bits per heavy atom. The number of aromatic amines is 1. The van der Waals surface area contributed by atoms with Crippen molar-refractivity contribution in [2.75, 3.05) is 0 Å². The van der Waals surface area contributed by atoms with Gasteiger partial charge < -0.3 is 10.3 Å². The molecule has 1 aromatic carbocycles. The highest BCUT2D eigenvalue weighted by molar-refractivity contribution is 5.83. The van der Waals surface area contributed by atoms with Crippen molar-refractivity contribution in [3.63, 3.8) is 0 Å². The maximum atomic E-state index is 3.48. The van der Waals surface area contributed by atoms with E-state index < -0.39 is 0 Å². The van der Waals surface area contributed by atoms with Gasteiger partial charge in [-0.2, -0.15) is 0 Å². The molecule has 2 aromatic rings. The molecule has 1 aliphatic carbocycles. The van der Waals surface area contributed by atoms with E-state index in [9.17, 15) is 0 Å². The molecule has 2 nitrogen and oxygen atoms in total. The van der Waals surface area contributed by atoms with Crippen molar-refractivity contribution in [3.8, 4) is 0 Å². The maximum Gasteiger partial charge on any atom is 0.0581 e. The molecule has 1 aromatic heterocycles. The number of hydrogen-bond donors (Lipinski definition) is 2. The van der Waals surface area contributed by atoms with Gasteiger partial charge in [-0.15, -0.1) is 5.73 Å². The summed E-state index contributed by atoms with van der Waals surface area (Å²) in [6.45, 7) is 2.22. The predicted molar refractivity (Wildman–Crippen MR) is 70.8 cm³/mol. The third kappa shape index (κ3) is 2.00. The number of para-hydroxylation sites is 1. The summed E-state index contributed by atoms with van der Waals surface area (Å²) in [6.07, 6.45) is 6.25. The largest absolute Gasteiger partial charge is 0.379 e. The number of nitrogens with one attached hydrogen (secondary N) is 2. The van der Waals surface area contributed by atoms with E-state index in [1.54, 1.807) is 0 Å². The number of aromatic nitrogens is 1. The highest BCUT2D eigenvalue weighted by Gasteiger charge is 2.10. The van der Waals surface area contributed by atoms with Crippen LogP contribution in [0.3, 0.4) is 0 Å². The van der Waals surface area contributed by atoms with Gasteiger partial charge in [-0.25, -0.2) is 0 Å². The molecular weight excluding hydrogens is 208 g/mol. The second kappa shape index (κ2) is 4.15. The van der Waals surface area contributed by atoms with Crippen molar-refractivity contribution >= 4 is 10.9 Å². The van der Waals surface area contributed by atoms with E-state index in [0.717, 1.165) is 12.8 Å². The van der Waals surface area contributed by atoms with Crippen molar-refractivity contribution in [1.82, 2.24) is 10.3 Å². The van der Waals surface area contributed by atoms with Gasteiger partial charge in [0.25, 0.3) is 0 Å². The Morgan fingerprint density at radius 1 is 1.41 bits per heavy atom. The third-order valence-corrected chi connectivity index (χ3v) is 3.20. The summed E-state index contributed by atoms with van der Waals surface area (Å²) >= 11 is 0. The molecule has 0 aliphatic heterocycles. The number of hydrogen-bond acceptors (Lipinski definition) is 1. The second-order valence-corrected chi connectivity index (χ2v) is 4.64. The van der Waals surface area contributed by atoms with Crippen LogP contribution in [-0.2, 0) is 6.42 Å². The van der Waals surface area contributed by atoms with Crippen LogP contribution >= 0.6 is 0 Å². The van der Waals surface area contributed by atoms with Crippen LogP contribution in [0.25, 0.3) is 10.9 Å². The SMILES string of the molecule is CC(Cc1c[nH]c2ccccc12)NC1=C=CC1. The fraction of sp³-hybridized carbons (Fsp3) is 0.267. The van der Waals surface area contributed by atoms with E-state index in [2.05, 4.69) is 59.5 Å². The molecule has 2 N–H and O–H groups in total. The van der Waals surface area contributed by atoms with Gasteiger partial charge in [0.15, 0.2) is 0 Å². The lowest BCUT2D eigenvalue weighted by Gasteiger charge is -2.17. The Morgan fingerprint density at radius 3 is 3.00 bits per heavy atom. The highest BCUT2D eigenvalue weighted by atomic mass is 14.9. The van der Waals surface area contributed by atoms with Crippen LogP contribution in [0.15, 0.2) is 48.0 Å². The fourth-order valence-corrected chi connectivity index (χ4v) is 2.28. The lowest BCUT2D eigenvalue weighted by atomic mass is 10.0. The summed E-state index contributed by atoms with van der Waals surface area (Å²) in [7, 11) is 0. The summed E-state index contributed by atoms with van der Waals surface area (Å²) < 4.78 is 0. The average molecular weight is 224 g/mol. The van der Waals surface area contributed by atoms with E-state index in [0.29, 0.717) is 6.04 Å². The highest BCUT2D eigenvalue weighted by Crippen LogP contribution is 2.19. The lowest BCUT2D eigenvalue weighted by molar-refractivity contribution is 0.600. The van der Waals surface area contributed by atoms with Crippen LogP contribution in [0.5, 0.6) is 0 Å². The Kier molecular flexibility index (Phi) is 2.50. The molecule has 0 saturated heterocycles. The Bertz CT molecular complexity index is 600. The molecule has 17 heavy (non-hydrogen) atoms.